The van der Waals surface area contributed by atoms with E-state index >= 15 is 0 Å². The summed E-state index contributed by atoms with van der Waals surface area (Å²) in [6.07, 6.45) is 0. The minimum Gasteiger partial charge on any atom is -0.496 e. The van der Waals surface area contributed by atoms with Crippen molar-refractivity contribution in [3.05, 3.63) is 51.6 Å². The lowest BCUT2D eigenvalue weighted by atomic mass is 9.97. The van der Waals surface area contributed by atoms with Crippen molar-refractivity contribution in [2.24, 2.45) is 0 Å². The fourth-order valence-corrected chi connectivity index (χ4v) is 2.35. The van der Waals surface area contributed by atoms with Crippen LogP contribution in [0.3, 0.4) is 0 Å². The van der Waals surface area contributed by atoms with Crippen molar-refractivity contribution in [2.45, 2.75) is 13.5 Å². The van der Waals surface area contributed by atoms with Gasteiger partial charge in [0.25, 0.3) is 5.69 Å². The summed E-state index contributed by atoms with van der Waals surface area (Å²) >= 11 is 0. The minimum atomic E-state index is -0.487. The summed E-state index contributed by atoms with van der Waals surface area (Å²) < 4.78 is 10.7. The molecular formula is C16H17NO5. The molecule has 0 atom stereocenters. The molecule has 0 unspecified atom stereocenters. The van der Waals surface area contributed by atoms with Gasteiger partial charge in [0.05, 0.1) is 25.7 Å². The second-order valence-corrected chi connectivity index (χ2v) is 4.76. The zero-order valence-electron chi connectivity index (χ0n) is 12.6. The number of rotatable bonds is 5. The van der Waals surface area contributed by atoms with Gasteiger partial charge in [-0.1, -0.05) is 0 Å². The predicted molar refractivity (Wildman–Crippen MR) is 82.3 cm³/mol. The van der Waals surface area contributed by atoms with E-state index in [0.29, 0.717) is 22.6 Å². The monoisotopic (exact) mass is 303 g/mol. The summed E-state index contributed by atoms with van der Waals surface area (Å²) in [6, 6.07) is 8.03. The summed E-state index contributed by atoms with van der Waals surface area (Å²) in [6.45, 7) is 1.58. The molecule has 6 heteroatoms. The number of hydrogen-bond donors (Lipinski definition) is 1. The summed E-state index contributed by atoms with van der Waals surface area (Å²) in [5, 5.41) is 20.4. The molecule has 0 bridgehead atoms. The highest BCUT2D eigenvalue weighted by Gasteiger charge is 2.15. The topological polar surface area (TPSA) is 81.8 Å². The smallest absolute Gasteiger partial charge is 0.269 e. The van der Waals surface area contributed by atoms with E-state index in [1.54, 1.807) is 20.3 Å². The molecular weight excluding hydrogens is 286 g/mol. The van der Waals surface area contributed by atoms with Crippen LogP contribution in [0.1, 0.15) is 11.1 Å². The Morgan fingerprint density at radius 2 is 1.73 bits per heavy atom. The van der Waals surface area contributed by atoms with Crippen LogP contribution >= 0.6 is 0 Å². The van der Waals surface area contributed by atoms with Gasteiger partial charge in [-0.3, -0.25) is 10.1 Å². The Balaban J connectivity index is 2.63. The molecule has 0 fully saturated rings. The van der Waals surface area contributed by atoms with E-state index < -0.39 is 4.92 Å². The SMILES string of the molecule is COc1cc(-c2ccc([N+](=O)[O-])cc2CO)cc(OC)c1C. The van der Waals surface area contributed by atoms with Gasteiger partial charge in [-0.15, -0.1) is 0 Å². The third kappa shape index (κ3) is 2.87. The van der Waals surface area contributed by atoms with Crippen LogP contribution in [-0.2, 0) is 6.61 Å². The van der Waals surface area contributed by atoms with Crippen LogP contribution in [0.5, 0.6) is 11.5 Å². The first-order valence-corrected chi connectivity index (χ1v) is 6.63. The number of non-ortho nitro benzene ring substituents is 1. The van der Waals surface area contributed by atoms with Gasteiger partial charge in [0.2, 0.25) is 0 Å². The van der Waals surface area contributed by atoms with Gasteiger partial charge in [0.15, 0.2) is 0 Å². The molecule has 0 heterocycles. The van der Waals surface area contributed by atoms with Gasteiger partial charge < -0.3 is 14.6 Å². The van der Waals surface area contributed by atoms with Gasteiger partial charge >= 0.3 is 0 Å². The lowest BCUT2D eigenvalue weighted by Crippen LogP contribution is -1.97. The quantitative estimate of drug-likeness (QED) is 0.678. The van der Waals surface area contributed by atoms with Crippen LogP contribution in [0.2, 0.25) is 0 Å². The molecule has 0 spiro atoms. The number of nitrogens with zero attached hydrogens (tertiary/aromatic N) is 1. The fraction of sp³-hybridized carbons (Fsp3) is 0.250. The van der Waals surface area contributed by atoms with Gasteiger partial charge in [-0.2, -0.15) is 0 Å². The third-order valence-corrected chi connectivity index (χ3v) is 3.53. The van der Waals surface area contributed by atoms with Crippen molar-refractivity contribution >= 4 is 5.69 Å². The maximum absolute atomic E-state index is 10.8. The Kier molecular flexibility index (Phi) is 4.62. The van der Waals surface area contributed by atoms with E-state index in [-0.39, 0.29) is 12.3 Å². The van der Waals surface area contributed by atoms with Crippen molar-refractivity contribution < 1.29 is 19.5 Å². The predicted octanol–water partition coefficient (Wildman–Crippen LogP) is 3.08. The van der Waals surface area contributed by atoms with Crippen molar-refractivity contribution in [1.29, 1.82) is 0 Å². The number of methoxy groups -OCH3 is 2. The van der Waals surface area contributed by atoms with E-state index in [9.17, 15) is 15.2 Å². The van der Waals surface area contributed by atoms with Crippen LogP contribution in [-0.4, -0.2) is 24.2 Å². The summed E-state index contributed by atoms with van der Waals surface area (Å²) in [5.74, 6) is 1.30. The number of nitro benzene ring substituents is 1. The van der Waals surface area contributed by atoms with Gasteiger partial charge in [0.1, 0.15) is 11.5 Å². The zero-order valence-corrected chi connectivity index (χ0v) is 12.6. The average Bonchev–Trinajstić information content (AvgIpc) is 2.54. The molecule has 1 N–H and O–H groups in total. The van der Waals surface area contributed by atoms with Crippen LogP contribution in [0.4, 0.5) is 5.69 Å². The van der Waals surface area contributed by atoms with E-state index in [1.165, 1.54) is 12.1 Å². The average molecular weight is 303 g/mol. The van der Waals surface area contributed by atoms with E-state index in [4.69, 9.17) is 9.47 Å². The molecule has 116 valence electrons. The molecule has 2 aromatic carbocycles. The highest BCUT2D eigenvalue weighted by molar-refractivity contribution is 5.73. The largest absolute Gasteiger partial charge is 0.496 e. The first-order chi connectivity index (χ1) is 10.5. The maximum atomic E-state index is 10.8. The highest BCUT2D eigenvalue weighted by Crippen LogP contribution is 2.36. The maximum Gasteiger partial charge on any atom is 0.269 e. The highest BCUT2D eigenvalue weighted by atomic mass is 16.6. The lowest BCUT2D eigenvalue weighted by molar-refractivity contribution is -0.384. The first kappa shape index (κ1) is 15.8. The Morgan fingerprint density at radius 3 is 2.18 bits per heavy atom. The molecule has 0 aliphatic heterocycles. The van der Waals surface area contributed by atoms with E-state index in [0.717, 1.165) is 11.1 Å². The summed E-state index contributed by atoms with van der Waals surface area (Å²) in [5.41, 5.74) is 2.74. The second-order valence-electron chi connectivity index (χ2n) is 4.76. The van der Waals surface area contributed by atoms with Crippen LogP contribution in [0.15, 0.2) is 30.3 Å². The third-order valence-electron chi connectivity index (χ3n) is 3.53. The molecule has 0 saturated carbocycles. The number of ether oxygens (including phenoxy) is 2. The Bertz CT molecular complexity index is 687. The molecule has 0 aromatic heterocycles. The van der Waals surface area contributed by atoms with Crippen molar-refractivity contribution in [3.8, 4) is 22.6 Å². The summed E-state index contributed by atoms with van der Waals surface area (Å²) in [4.78, 5) is 10.4. The van der Waals surface area contributed by atoms with Gasteiger partial charge in [-0.25, -0.2) is 0 Å². The Hall–Kier alpha value is -2.60. The zero-order chi connectivity index (χ0) is 16.3. The van der Waals surface area contributed by atoms with Gasteiger partial charge in [0, 0.05) is 17.7 Å². The van der Waals surface area contributed by atoms with Crippen LogP contribution in [0, 0.1) is 17.0 Å². The number of nitro groups is 1. The molecule has 0 aliphatic rings. The first-order valence-electron chi connectivity index (χ1n) is 6.63. The molecule has 2 rings (SSSR count). The molecule has 6 nitrogen and oxygen atoms in total. The Morgan fingerprint density at radius 1 is 1.14 bits per heavy atom. The van der Waals surface area contributed by atoms with Crippen LogP contribution in [0.25, 0.3) is 11.1 Å². The Labute approximate surface area is 128 Å². The number of hydrogen-bond acceptors (Lipinski definition) is 5. The summed E-state index contributed by atoms with van der Waals surface area (Å²) in [7, 11) is 3.13. The van der Waals surface area contributed by atoms with E-state index in [1.807, 2.05) is 19.1 Å². The molecule has 22 heavy (non-hydrogen) atoms. The van der Waals surface area contributed by atoms with E-state index in [2.05, 4.69) is 0 Å². The fourth-order valence-electron chi connectivity index (χ4n) is 2.35. The molecule has 0 amide bonds. The minimum absolute atomic E-state index is 0.0566. The van der Waals surface area contributed by atoms with Crippen molar-refractivity contribution in [3.63, 3.8) is 0 Å². The lowest BCUT2D eigenvalue weighted by Gasteiger charge is -2.14. The van der Waals surface area contributed by atoms with Crippen LogP contribution < -0.4 is 9.47 Å². The molecule has 0 saturated heterocycles. The van der Waals surface area contributed by atoms with Gasteiger partial charge in [-0.05, 0) is 41.8 Å². The van der Waals surface area contributed by atoms with Crippen molar-refractivity contribution in [1.82, 2.24) is 0 Å². The normalized spacial score (nSPS) is 10.4. The molecule has 0 aliphatic carbocycles. The standard InChI is InChI=1S/C16H17NO5/c1-10-15(21-2)7-11(8-16(10)22-3)14-5-4-13(17(19)20)6-12(14)9-18/h4-8,18H,9H2,1-3H3. The second kappa shape index (κ2) is 6.44. The molecule has 0 radical (unpaired) electrons. The molecule has 2 aromatic rings. The number of benzene rings is 2. The number of aliphatic hydroxyl groups is 1. The van der Waals surface area contributed by atoms with Crippen molar-refractivity contribution in [2.75, 3.05) is 14.2 Å². The number of aliphatic hydroxyl groups excluding tert-OH is 1.